The lowest BCUT2D eigenvalue weighted by atomic mass is 10.1. The lowest BCUT2D eigenvalue weighted by molar-refractivity contribution is 0.102. The fraction of sp³-hybridized carbons (Fsp3) is 0.154. The quantitative estimate of drug-likeness (QED) is 0.294. The minimum Gasteiger partial charge on any atom is -0.360 e. The van der Waals surface area contributed by atoms with E-state index in [4.69, 9.17) is 17.0 Å². The van der Waals surface area contributed by atoms with Crippen LogP contribution in [0.1, 0.15) is 45.2 Å². The van der Waals surface area contributed by atoms with Crippen LogP contribution in [0.5, 0.6) is 0 Å². The number of amides is 2. The number of hydrogen-bond acceptors (Lipinski definition) is 4. The number of hydrogen-bond donors (Lipinski definition) is 3. The maximum atomic E-state index is 12.9. The van der Waals surface area contributed by atoms with Crippen molar-refractivity contribution in [1.29, 1.82) is 5.41 Å². The molecule has 8 heteroatoms. The SMILES string of the molecule is C=Cc1ccc(NC(=O)c2cc(Cl)ccc2NC(=O)c2ccc(C(=N)N(C)CCC)cc2)nc1. The zero-order chi connectivity index (χ0) is 24.7. The van der Waals surface area contributed by atoms with Gasteiger partial charge in [0.1, 0.15) is 11.7 Å². The van der Waals surface area contributed by atoms with Crippen molar-refractivity contribution in [2.75, 3.05) is 24.2 Å². The van der Waals surface area contributed by atoms with Crippen LogP contribution in [0.25, 0.3) is 6.08 Å². The number of carbonyl (C=O) groups excluding carboxylic acids is 2. The molecule has 174 valence electrons. The van der Waals surface area contributed by atoms with Crippen LogP contribution < -0.4 is 10.6 Å². The Bertz CT molecular complexity index is 1210. The summed E-state index contributed by atoms with van der Waals surface area (Å²) in [6.07, 6.45) is 4.18. The molecule has 0 spiro atoms. The molecule has 0 aliphatic heterocycles. The molecule has 7 nitrogen and oxygen atoms in total. The molecule has 0 aliphatic carbocycles. The highest BCUT2D eigenvalue weighted by Crippen LogP contribution is 2.23. The van der Waals surface area contributed by atoms with E-state index in [-0.39, 0.29) is 11.5 Å². The second-order valence-corrected chi connectivity index (χ2v) is 8.06. The van der Waals surface area contributed by atoms with Crippen LogP contribution in [0.2, 0.25) is 5.02 Å². The van der Waals surface area contributed by atoms with Crippen LogP contribution in [-0.2, 0) is 0 Å². The van der Waals surface area contributed by atoms with Crippen molar-refractivity contribution in [2.24, 2.45) is 0 Å². The zero-order valence-corrected chi connectivity index (χ0v) is 19.8. The molecule has 3 aromatic rings. The third kappa shape index (κ3) is 6.08. The van der Waals surface area contributed by atoms with Gasteiger partial charge in [-0.3, -0.25) is 15.0 Å². The molecular formula is C26H26ClN5O2. The van der Waals surface area contributed by atoms with Crippen molar-refractivity contribution in [3.05, 3.63) is 94.6 Å². The summed E-state index contributed by atoms with van der Waals surface area (Å²) >= 11 is 6.11. The highest BCUT2D eigenvalue weighted by molar-refractivity contribution is 6.31. The third-order valence-corrected chi connectivity index (χ3v) is 5.33. The average Bonchev–Trinajstić information content (AvgIpc) is 2.85. The van der Waals surface area contributed by atoms with Gasteiger partial charge < -0.3 is 15.5 Å². The van der Waals surface area contributed by atoms with E-state index in [0.717, 1.165) is 18.5 Å². The predicted octanol–water partition coefficient (Wildman–Crippen LogP) is 5.55. The van der Waals surface area contributed by atoms with Crippen LogP contribution in [0.3, 0.4) is 0 Å². The van der Waals surface area contributed by atoms with E-state index in [1.807, 2.05) is 11.9 Å². The molecule has 2 amide bonds. The van der Waals surface area contributed by atoms with Gasteiger partial charge in [0.05, 0.1) is 11.3 Å². The highest BCUT2D eigenvalue weighted by Gasteiger charge is 2.16. The number of carbonyl (C=O) groups is 2. The van der Waals surface area contributed by atoms with E-state index in [2.05, 4.69) is 29.1 Å². The number of anilines is 2. The van der Waals surface area contributed by atoms with Crippen LogP contribution in [0, 0.1) is 5.41 Å². The van der Waals surface area contributed by atoms with Crippen molar-refractivity contribution in [3.63, 3.8) is 0 Å². The molecule has 0 unspecified atom stereocenters. The molecule has 1 aromatic heterocycles. The van der Waals surface area contributed by atoms with Gasteiger partial charge >= 0.3 is 0 Å². The highest BCUT2D eigenvalue weighted by atomic mass is 35.5. The van der Waals surface area contributed by atoms with E-state index < -0.39 is 5.91 Å². The normalized spacial score (nSPS) is 10.3. The minimum absolute atomic E-state index is 0.204. The predicted molar refractivity (Wildman–Crippen MR) is 138 cm³/mol. The van der Waals surface area contributed by atoms with Gasteiger partial charge in [-0.05, 0) is 54.4 Å². The number of nitrogens with one attached hydrogen (secondary N) is 3. The number of rotatable bonds is 8. The fourth-order valence-electron chi connectivity index (χ4n) is 3.24. The first-order valence-electron chi connectivity index (χ1n) is 10.7. The fourth-order valence-corrected chi connectivity index (χ4v) is 3.41. The molecule has 3 N–H and O–H groups in total. The van der Waals surface area contributed by atoms with Crippen molar-refractivity contribution >= 4 is 46.8 Å². The number of benzene rings is 2. The Morgan fingerprint density at radius 2 is 1.76 bits per heavy atom. The molecule has 0 fully saturated rings. The van der Waals surface area contributed by atoms with Crippen LogP contribution >= 0.6 is 11.6 Å². The van der Waals surface area contributed by atoms with Crippen LogP contribution in [0.4, 0.5) is 11.5 Å². The van der Waals surface area contributed by atoms with E-state index in [9.17, 15) is 9.59 Å². The Kier molecular flexibility index (Phi) is 8.16. The van der Waals surface area contributed by atoms with Gasteiger partial charge in [0.15, 0.2) is 0 Å². The number of nitrogens with zero attached hydrogens (tertiary/aromatic N) is 2. The maximum absolute atomic E-state index is 12.9. The van der Waals surface area contributed by atoms with Gasteiger partial charge in [0.25, 0.3) is 11.8 Å². The Balaban J connectivity index is 1.76. The minimum atomic E-state index is -0.459. The van der Waals surface area contributed by atoms with E-state index in [1.165, 1.54) is 6.07 Å². The first-order chi connectivity index (χ1) is 16.3. The third-order valence-electron chi connectivity index (χ3n) is 5.10. The Labute approximate surface area is 204 Å². The van der Waals surface area contributed by atoms with Crippen molar-refractivity contribution in [3.8, 4) is 0 Å². The smallest absolute Gasteiger partial charge is 0.258 e. The summed E-state index contributed by atoms with van der Waals surface area (Å²) in [5.74, 6) is -0.0941. The van der Waals surface area contributed by atoms with E-state index in [1.54, 1.807) is 60.8 Å². The Morgan fingerprint density at radius 3 is 2.38 bits per heavy atom. The van der Waals surface area contributed by atoms with E-state index in [0.29, 0.717) is 33.5 Å². The number of aromatic nitrogens is 1. The molecule has 0 aliphatic rings. The number of halogens is 1. The molecule has 1 heterocycles. The molecule has 0 saturated carbocycles. The van der Waals surface area contributed by atoms with Gasteiger partial charge in [-0.25, -0.2) is 4.98 Å². The molecular weight excluding hydrogens is 450 g/mol. The summed E-state index contributed by atoms with van der Waals surface area (Å²) in [4.78, 5) is 31.8. The van der Waals surface area contributed by atoms with Crippen LogP contribution in [-0.4, -0.2) is 41.1 Å². The van der Waals surface area contributed by atoms with Gasteiger partial charge in [0, 0.05) is 35.9 Å². The molecule has 0 radical (unpaired) electrons. The monoisotopic (exact) mass is 475 g/mol. The summed E-state index contributed by atoms with van der Waals surface area (Å²) in [5, 5.41) is 14.1. The molecule has 0 bridgehead atoms. The second-order valence-electron chi connectivity index (χ2n) is 7.63. The van der Waals surface area contributed by atoms with Gasteiger partial charge in [0.2, 0.25) is 0 Å². The standard InChI is InChI=1S/C26H26ClN5O2/c1-4-14-32(3)24(28)18-7-9-19(10-8-18)25(33)30-22-12-11-20(27)15-21(22)26(34)31-23-13-6-17(5-2)16-29-23/h5-13,15-16,28H,2,4,14H2,1,3H3,(H,30,33)(H,29,31,34). The number of pyridine rings is 1. The summed E-state index contributed by atoms with van der Waals surface area (Å²) in [5.41, 5.74) is 2.46. The lowest BCUT2D eigenvalue weighted by Gasteiger charge is -2.19. The summed E-state index contributed by atoms with van der Waals surface area (Å²) < 4.78 is 0. The number of amidine groups is 1. The van der Waals surface area contributed by atoms with E-state index >= 15 is 0 Å². The van der Waals surface area contributed by atoms with Gasteiger partial charge in [-0.15, -0.1) is 0 Å². The lowest BCUT2D eigenvalue weighted by Crippen LogP contribution is -2.27. The maximum Gasteiger partial charge on any atom is 0.258 e. The topological polar surface area (TPSA) is 98.2 Å². The van der Waals surface area contributed by atoms with Crippen LogP contribution in [0.15, 0.2) is 67.4 Å². The van der Waals surface area contributed by atoms with Gasteiger partial charge in [-0.1, -0.05) is 43.3 Å². The van der Waals surface area contributed by atoms with Crippen molar-refractivity contribution in [1.82, 2.24) is 9.88 Å². The second kappa shape index (κ2) is 11.2. The first-order valence-corrected chi connectivity index (χ1v) is 11.1. The van der Waals surface area contributed by atoms with Crippen molar-refractivity contribution in [2.45, 2.75) is 13.3 Å². The summed E-state index contributed by atoms with van der Waals surface area (Å²) in [6, 6.07) is 14.9. The van der Waals surface area contributed by atoms with Crippen molar-refractivity contribution < 1.29 is 9.59 Å². The Hall–Kier alpha value is -3.97. The molecule has 0 saturated heterocycles. The molecule has 34 heavy (non-hydrogen) atoms. The largest absolute Gasteiger partial charge is 0.360 e. The summed E-state index contributed by atoms with van der Waals surface area (Å²) in [7, 11) is 1.86. The average molecular weight is 476 g/mol. The molecule has 0 atom stereocenters. The first kappa shape index (κ1) is 24.7. The molecule has 2 aromatic carbocycles. The zero-order valence-electron chi connectivity index (χ0n) is 19.1. The van der Waals surface area contributed by atoms with Gasteiger partial charge in [-0.2, -0.15) is 0 Å². The summed E-state index contributed by atoms with van der Waals surface area (Å²) in [6.45, 7) is 6.50. The Morgan fingerprint density at radius 1 is 1.06 bits per heavy atom. The molecule has 3 rings (SSSR count).